The van der Waals surface area contributed by atoms with Crippen molar-refractivity contribution >= 4 is 5.96 Å². The summed E-state index contributed by atoms with van der Waals surface area (Å²) in [6.45, 7) is 5.93. The maximum atomic E-state index is 5.74. The minimum absolute atomic E-state index is 0.529. The van der Waals surface area contributed by atoms with Crippen molar-refractivity contribution in [3.8, 4) is 0 Å². The van der Waals surface area contributed by atoms with E-state index in [-0.39, 0.29) is 0 Å². The average Bonchev–Trinajstić information content (AvgIpc) is 2.30. The van der Waals surface area contributed by atoms with Gasteiger partial charge in [0.1, 0.15) is 0 Å². The van der Waals surface area contributed by atoms with Gasteiger partial charge in [-0.1, -0.05) is 19.9 Å². The number of aliphatic imine (C=N–C) groups is 1. The minimum atomic E-state index is 0.529. The van der Waals surface area contributed by atoms with Gasteiger partial charge >= 0.3 is 0 Å². The first-order valence-corrected chi connectivity index (χ1v) is 6.12. The molecule has 0 aliphatic carbocycles. The number of guanidine groups is 1. The Labute approximate surface area is 103 Å². The first-order chi connectivity index (χ1) is 8.18. The van der Waals surface area contributed by atoms with Gasteiger partial charge in [-0.25, -0.2) is 0 Å². The van der Waals surface area contributed by atoms with E-state index < -0.39 is 0 Å². The molecule has 94 valence electrons. The van der Waals surface area contributed by atoms with Crippen LogP contribution in [-0.4, -0.2) is 24.0 Å². The lowest BCUT2D eigenvalue weighted by Crippen LogP contribution is -2.33. The zero-order valence-electron chi connectivity index (χ0n) is 10.7. The molecule has 0 aliphatic rings. The van der Waals surface area contributed by atoms with Crippen LogP contribution in [0.4, 0.5) is 0 Å². The molecule has 0 atom stereocenters. The van der Waals surface area contributed by atoms with Gasteiger partial charge in [-0.15, -0.1) is 0 Å². The minimum Gasteiger partial charge on any atom is -0.370 e. The predicted octanol–water partition coefficient (Wildman–Crippen LogP) is 1.57. The zero-order chi connectivity index (χ0) is 12.5. The van der Waals surface area contributed by atoms with Crippen molar-refractivity contribution in [2.45, 2.75) is 26.7 Å². The standard InChI is InChI=1S/C13H22N4/c1-11(2)6-9-16-13(14)17-10-7-12-5-3-4-8-15-12/h3-5,8,11H,6-7,9-10H2,1-2H3,(H3,14,16,17). The quantitative estimate of drug-likeness (QED) is 0.580. The summed E-state index contributed by atoms with van der Waals surface area (Å²) in [7, 11) is 0. The van der Waals surface area contributed by atoms with Crippen LogP contribution in [0.1, 0.15) is 26.0 Å². The molecule has 0 unspecified atom stereocenters. The molecule has 0 bridgehead atoms. The second-order valence-corrected chi connectivity index (χ2v) is 4.45. The third-order valence-electron chi connectivity index (χ3n) is 2.40. The van der Waals surface area contributed by atoms with E-state index in [0.717, 1.165) is 31.6 Å². The number of aromatic nitrogens is 1. The Morgan fingerprint density at radius 2 is 2.29 bits per heavy atom. The van der Waals surface area contributed by atoms with Crippen molar-refractivity contribution in [3.63, 3.8) is 0 Å². The summed E-state index contributed by atoms with van der Waals surface area (Å²) in [6.07, 6.45) is 3.74. The van der Waals surface area contributed by atoms with Crippen LogP contribution in [0.15, 0.2) is 29.4 Å². The monoisotopic (exact) mass is 234 g/mol. The fraction of sp³-hybridized carbons (Fsp3) is 0.538. The lowest BCUT2D eigenvalue weighted by Gasteiger charge is -2.06. The molecule has 0 spiro atoms. The molecule has 4 heteroatoms. The third-order valence-corrected chi connectivity index (χ3v) is 2.40. The highest BCUT2D eigenvalue weighted by atomic mass is 15.1. The zero-order valence-corrected chi connectivity index (χ0v) is 10.7. The fourth-order valence-corrected chi connectivity index (χ4v) is 1.36. The SMILES string of the molecule is CC(C)CCN=C(N)NCCc1ccccn1. The van der Waals surface area contributed by atoms with Crippen LogP contribution in [0, 0.1) is 5.92 Å². The van der Waals surface area contributed by atoms with Crippen LogP contribution in [0.2, 0.25) is 0 Å². The molecule has 0 aliphatic heterocycles. The van der Waals surface area contributed by atoms with Crippen LogP contribution in [0.5, 0.6) is 0 Å². The van der Waals surface area contributed by atoms with Crippen molar-refractivity contribution in [1.29, 1.82) is 0 Å². The molecule has 1 rings (SSSR count). The number of nitrogens with two attached hydrogens (primary N) is 1. The van der Waals surface area contributed by atoms with Crippen LogP contribution >= 0.6 is 0 Å². The molecule has 1 heterocycles. The molecule has 17 heavy (non-hydrogen) atoms. The predicted molar refractivity (Wildman–Crippen MR) is 71.9 cm³/mol. The molecule has 0 aromatic carbocycles. The molecule has 0 saturated heterocycles. The first-order valence-electron chi connectivity index (χ1n) is 6.12. The highest BCUT2D eigenvalue weighted by molar-refractivity contribution is 5.77. The number of pyridine rings is 1. The molecule has 0 saturated carbocycles. The van der Waals surface area contributed by atoms with Crippen LogP contribution in [-0.2, 0) is 6.42 Å². The van der Waals surface area contributed by atoms with E-state index in [2.05, 4.69) is 29.1 Å². The van der Waals surface area contributed by atoms with Gasteiger partial charge in [-0.3, -0.25) is 9.98 Å². The fourth-order valence-electron chi connectivity index (χ4n) is 1.36. The van der Waals surface area contributed by atoms with Gasteiger partial charge in [0.2, 0.25) is 0 Å². The van der Waals surface area contributed by atoms with Gasteiger partial charge in [0.15, 0.2) is 5.96 Å². The summed E-state index contributed by atoms with van der Waals surface area (Å²) in [5.41, 5.74) is 6.81. The Morgan fingerprint density at radius 3 is 2.94 bits per heavy atom. The Bertz CT molecular complexity index is 333. The summed E-state index contributed by atoms with van der Waals surface area (Å²) in [6, 6.07) is 5.91. The van der Waals surface area contributed by atoms with Gasteiger partial charge < -0.3 is 11.1 Å². The Kier molecular flexibility index (Phi) is 6.07. The van der Waals surface area contributed by atoms with Crippen LogP contribution in [0.3, 0.4) is 0 Å². The van der Waals surface area contributed by atoms with Gasteiger partial charge in [0.05, 0.1) is 0 Å². The Morgan fingerprint density at radius 1 is 1.47 bits per heavy atom. The highest BCUT2D eigenvalue weighted by Crippen LogP contribution is 1.98. The van der Waals surface area contributed by atoms with Crippen LogP contribution < -0.4 is 11.1 Å². The van der Waals surface area contributed by atoms with E-state index >= 15 is 0 Å². The van der Waals surface area contributed by atoms with Crippen molar-refractivity contribution in [2.24, 2.45) is 16.6 Å². The number of hydrogen-bond acceptors (Lipinski definition) is 2. The normalized spacial score (nSPS) is 11.8. The molecule has 0 fully saturated rings. The highest BCUT2D eigenvalue weighted by Gasteiger charge is 1.95. The summed E-state index contributed by atoms with van der Waals surface area (Å²) < 4.78 is 0. The van der Waals surface area contributed by atoms with Crippen molar-refractivity contribution in [2.75, 3.05) is 13.1 Å². The topological polar surface area (TPSA) is 63.3 Å². The number of nitrogens with one attached hydrogen (secondary N) is 1. The molecular weight excluding hydrogens is 212 g/mol. The van der Waals surface area contributed by atoms with E-state index in [4.69, 9.17) is 5.73 Å². The summed E-state index contributed by atoms with van der Waals surface area (Å²) in [4.78, 5) is 8.50. The summed E-state index contributed by atoms with van der Waals surface area (Å²) >= 11 is 0. The third kappa shape index (κ3) is 6.56. The second-order valence-electron chi connectivity index (χ2n) is 4.45. The van der Waals surface area contributed by atoms with Gasteiger partial charge in [-0.2, -0.15) is 0 Å². The van der Waals surface area contributed by atoms with E-state index in [1.807, 2.05) is 18.2 Å². The largest absolute Gasteiger partial charge is 0.370 e. The van der Waals surface area contributed by atoms with E-state index in [1.54, 1.807) is 6.20 Å². The van der Waals surface area contributed by atoms with Gasteiger partial charge in [0.25, 0.3) is 0 Å². The summed E-state index contributed by atoms with van der Waals surface area (Å²) in [5.74, 6) is 1.20. The van der Waals surface area contributed by atoms with Gasteiger partial charge in [-0.05, 0) is 24.5 Å². The lowest BCUT2D eigenvalue weighted by molar-refractivity contribution is 0.595. The second kappa shape index (κ2) is 7.65. The van der Waals surface area contributed by atoms with E-state index in [9.17, 15) is 0 Å². The van der Waals surface area contributed by atoms with E-state index in [1.165, 1.54) is 0 Å². The molecule has 3 N–H and O–H groups in total. The van der Waals surface area contributed by atoms with E-state index in [0.29, 0.717) is 11.9 Å². The Hall–Kier alpha value is -1.58. The molecule has 1 aromatic rings. The van der Waals surface area contributed by atoms with Crippen molar-refractivity contribution < 1.29 is 0 Å². The molecular formula is C13H22N4. The van der Waals surface area contributed by atoms with Crippen molar-refractivity contribution in [1.82, 2.24) is 10.3 Å². The molecule has 0 radical (unpaired) electrons. The lowest BCUT2D eigenvalue weighted by atomic mass is 10.1. The van der Waals surface area contributed by atoms with Gasteiger partial charge in [0, 0.05) is 31.4 Å². The molecule has 1 aromatic heterocycles. The summed E-state index contributed by atoms with van der Waals surface area (Å²) in [5, 5.41) is 3.09. The maximum Gasteiger partial charge on any atom is 0.188 e. The van der Waals surface area contributed by atoms with Crippen LogP contribution in [0.25, 0.3) is 0 Å². The average molecular weight is 234 g/mol. The number of rotatable bonds is 6. The van der Waals surface area contributed by atoms with Crippen molar-refractivity contribution in [3.05, 3.63) is 30.1 Å². The molecule has 4 nitrogen and oxygen atoms in total. The number of nitrogens with zero attached hydrogens (tertiary/aromatic N) is 2. The maximum absolute atomic E-state index is 5.74. The molecule has 0 amide bonds. The Balaban J connectivity index is 2.18. The number of hydrogen-bond donors (Lipinski definition) is 2. The first kappa shape index (κ1) is 13.5. The smallest absolute Gasteiger partial charge is 0.188 e.